The van der Waals surface area contributed by atoms with E-state index in [1.807, 2.05) is 0 Å². The van der Waals surface area contributed by atoms with Crippen molar-refractivity contribution in [3.05, 3.63) is 0 Å². The second kappa shape index (κ2) is 7.51. The van der Waals surface area contributed by atoms with Crippen molar-refractivity contribution >= 4 is 0 Å². The maximum atomic E-state index is 11.9. The third kappa shape index (κ3) is 5.50. The van der Waals surface area contributed by atoms with Crippen LogP contribution in [0.1, 0.15) is 52.4 Å². The van der Waals surface area contributed by atoms with Crippen LogP contribution in [0.25, 0.3) is 0 Å². The molecule has 1 aliphatic rings. The van der Waals surface area contributed by atoms with Crippen molar-refractivity contribution in [3.63, 3.8) is 0 Å². The normalized spacial score (nSPS) is 18.8. The molecule has 1 fully saturated rings. The minimum absolute atomic E-state index is 0.279. The first-order chi connectivity index (χ1) is 5.72. The maximum Gasteiger partial charge on any atom is 0.241 e. The first-order valence-electron chi connectivity index (χ1n) is 5.00. The van der Waals surface area contributed by atoms with Gasteiger partial charge in [-0.25, -0.2) is 8.78 Å². The summed E-state index contributed by atoms with van der Waals surface area (Å²) in [5.74, 6) is -0.279. The minimum atomic E-state index is -2.06. The van der Waals surface area contributed by atoms with E-state index in [4.69, 9.17) is 0 Å². The van der Waals surface area contributed by atoms with E-state index in [2.05, 4.69) is 13.8 Å². The molecule has 1 saturated carbocycles. The standard InChI is InChI=1S/C7H12F2.C3H8/c8-7(9)6-4-2-1-3-5-6;1-3-2/h6-7H,1-5H2;3H2,1-2H3. The molecular formula is C10H20F2. The van der Waals surface area contributed by atoms with Gasteiger partial charge >= 0.3 is 0 Å². The van der Waals surface area contributed by atoms with Crippen LogP contribution in [0.3, 0.4) is 0 Å². The van der Waals surface area contributed by atoms with Crippen molar-refractivity contribution in [2.24, 2.45) is 5.92 Å². The largest absolute Gasteiger partial charge is 0.241 e. The highest BCUT2D eigenvalue weighted by molar-refractivity contribution is 4.66. The average molecular weight is 178 g/mol. The molecule has 0 amide bonds. The van der Waals surface area contributed by atoms with Gasteiger partial charge < -0.3 is 0 Å². The number of hydrogen-bond acceptors (Lipinski definition) is 0. The summed E-state index contributed by atoms with van der Waals surface area (Å²) in [6, 6.07) is 0. The molecule has 0 bridgehead atoms. The van der Waals surface area contributed by atoms with Gasteiger partial charge in [-0.1, -0.05) is 39.5 Å². The zero-order valence-electron chi connectivity index (χ0n) is 8.15. The lowest BCUT2D eigenvalue weighted by molar-refractivity contribution is 0.0563. The quantitative estimate of drug-likeness (QED) is 0.563. The molecule has 0 N–H and O–H groups in total. The first kappa shape index (κ1) is 11.9. The molecule has 74 valence electrons. The van der Waals surface area contributed by atoms with E-state index in [9.17, 15) is 8.78 Å². The van der Waals surface area contributed by atoms with Crippen molar-refractivity contribution in [2.75, 3.05) is 0 Å². The van der Waals surface area contributed by atoms with Crippen molar-refractivity contribution in [2.45, 2.75) is 58.8 Å². The van der Waals surface area contributed by atoms with Gasteiger partial charge in [-0.15, -0.1) is 0 Å². The lowest BCUT2D eigenvalue weighted by Gasteiger charge is -2.19. The first-order valence-corrected chi connectivity index (χ1v) is 5.00. The van der Waals surface area contributed by atoms with Gasteiger partial charge in [0.15, 0.2) is 0 Å². The van der Waals surface area contributed by atoms with Crippen LogP contribution >= 0.6 is 0 Å². The van der Waals surface area contributed by atoms with Crippen LogP contribution in [0, 0.1) is 5.92 Å². The Morgan fingerprint density at radius 2 is 1.50 bits per heavy atom. The smallest absolute Gasteiger partial charge is 0.210 e. The monoisotopic (exact) mass is 178 g/mol. The van der Waals surface area contributed by atoms with E-state index >= 15 is 0 Å². The molecule has 1 aliphatic carbocycles. The molecule has 2 heteroatoms. The third-order valence-electron chi connectivity index (χ3n) is 2.01. The van der Waals surface area contributed by atoms with Gasteiger partial charge in [-0.05, 0) is 12.8 Å². The Hall–Kier alpha value is -0.140. The summed E-state index contributed by atoms with van der Waals surface area (Å²) in [5.41, 5.74) is 0. The Labute approximate surface area is 74.4 Å². The van der Waals surface area contributed by atoms with Crippen molar-refractivity contribution < 1.29 is 8.78 Å². The van der Waals surface area contributed by atoms with Gasteiger partial charge in [0.05, 0.1) is 0 Å². The Kier molecular flexibility index (Phi) is 7.42. The van der Waals surface area contributed by atoms with Gasteiger partial charge in [-0.2, -0.15) is 0 Å². The lowest BCUT2D eigenvalue weighted by Crippen LogP contribution is -2.14. The highest BCUT2D eigenvalue weighted by Crippen LogP contribution is 2.28. The highest BCUT2D eigenvalue weighted by atomic mass is 19.3. The van der Waals surface area contributed by atoms with Crippen molar-refractivity contribution in [1.82, 2.24) is 0 Å². The molecule has 0 aromatic rings. The summed E-state index contributed by atoms with van der Waals surface area (Å²) < 4.78 is 23.8. The van der Waals surface area contributed by atoms with Crippen LogP contribution in [-0.2, 0) is 0 Å². The van der Waals surface area contributed by atoms with Crippen LogP contribution in [-0.4, -0.2) is 6.43 Å². The van der Waals surface area contributed by atoms with E-state index in [1.165, 1.54) is 6.42 Å². The van der Waals surface area contributed by atoms with Gasteiger partial charge in [-0.3, -0.25) is 0 Å². The molecule has 0 radical (unpaired) electrons. The highest BCUT2D eigenvalue weighted by Gasteiger charge is 2.21. The fourth-order valence-electron chi connectivity index (χ4n) is 1.39. The zero-order chi connectivity index (χ0) is 9.40. The SMILES string of the molecule is CCC.FC(F)C1CCCCC1. The molecule has 0 aromatic carbocycles. The molecule has 0 unspecified atom stereocenters. The molecule has 0 saturated heterocycles. The number of alkyl halides is 2. The molecule has 1 rings (SSSR count). The Bertz CT molecular complexity index is 85.8. The number of hydrogen-bond donors (Lipinski definition) is 0. The Morgan fingerprint density at radius 1 is 1.08 bits per heavy atom. The van der Waals surface area contributed by atoms with Crippen molar-refractivity contribution in [3.8, 4) is 0 Å². The van der Waals surface area contributed by atoms with Crippen LogP contribution in [0.4, 0.5) is 8.78 Å². The van der Waals surface area contributed by atoms with Gasteiger partial charge in [0.1, 0.15) is 0 Å². The van der Waals surface area contributed by atoms with E-state index in [0.29, 0.717) is 0 Å². The molecular weight excluding hydrogens is 158 g/mol. The van der Waals surface area contributed by atoms with Crippen molar-refractivity contribution in [1.29, 1.82) is 0 Å². The average Bonchev–Trinajstić information content (AvgIpc) is 2.07. The molecule has 0 nitrogen and oxygen atoms in total. The maximum absolute atomic E-state index is 11.9. The molecule has 0 heterocycles. The number of halogens is 2. The number of rotatable bonds is 1. The topological polar surface area (TPSA) is 0 Å². The van der Waals surface area contributed by atoms with E-state index in [-0.39, 0.29) is 5.92 Å². The predicted molar refractivity (Wildman–Crippen MR) is 48.5 cm³/mol. The van der Waals surface area contributed by atoms with E-state index < -0.39 is 6.43 Å². The summed E-state index contributed by atoms with van der Waals surface area (Å²) in [6.45, 7) is 4.25. The van der Waals surface area contributed by atoms with E-state index in [0.717, 1.165) is 32.1 Å². The van der Waals surface area contributed by atoms with Crippen LogP contribution in [0.15, 0.2) is 0 Å². The van der Waals surface area contributed by atoms with E-state index in [1.54, 1.807) is 0 Å². The van der Waals surface area contributed by atoms with Gasteiger partial charge in [0, 0.05) is 5.92 Å². The van der Waals surface area contributed by atoms with Crippen LogP contribution in [0.2, 0.25) is 0 Å². The minimum Gasteiger partial charge on any atom is -0.210 e. The fourth-order valence-corrected chi connectivity index (χ4v) is 1.39. The summed E-state index contributed by atoms with van der Waals surface area (Å²) >= 11 is 0. The second-order valence-corrected chi connectivity index (χ2v) is 3.44. The van der Waals surface area contributed by atoms with Gasteiger partial charge in [0.25, 0.3) is 0 Å². The third-order valence-corrected chi connectivity index (χ3v) is 2.01. The zero-order valence-corrected chi connectivity index (χ0v) is 8.15. The summed E-state index contributed by atoms with van der Waals surface area (Å²) in [5, 5.41) is 0. The molecule has 0 aliphatic heterocycles. The predicted octanol–water partition coefficient (Wildman–Crippen LogP) is 4.25. The summed E-state index contributed by atoms with van der Waals surface area (Å²) in [6.07, 6.45) is 3.85. The summed E-state index contributed by atoms with van der Waals surface area (Å²) in [4.78, 5) is 0. The van der Waals surface area contributed by atoms with Crippen LogP contribution in [0.5, 0.6) is 0 Å². The summed E-state index contributed by atoms with van der Waals surface area (Å²) in [7, 11) is 0. The molecule has 12 heavy (non-hydrogen) atoms. The molecule has 0 spiro atoms. The lowest BCUT2D eigenvalue weighted by atomic mass is 9.90. The Morgan fingerprint density at radius 3 is 1.75 bits per heavy atom. The van der Waals surface area contributed by atoms with Gasteiger partial charge in [0.2, 0.25) is 6.43 Å². The Balaban J connectivity index is 0.000000354. The second-order valence-electron chi connectivity index (χ2n) is 3.44. The molecule has 0 aromatic heterocycles. The fraction of sp³-hybridized carbons (Fsp3) is 1.00. The van der Waals surface area contributed by atoms with Crippen LogP contribution < -0.4 is 0 Å². The molecule has 0 atom stereocenters.